The molecule has 1 aliphatic heterocycles. The molecule has 0 unspecified atom stereocenters. The first kappa shape index (κ1) is 18.9. The fourth-order valence-electron chi connectivity index (χ4n) is 1.91. The van der Waals surface area contributed by atoms with Crippen LogP contribution < -0.4 is 4.66 Å². The molecular formula is C15H21ClNO4S+. The van der Waals surface area contributed by atoms with Gasteiger partial charge in [0.1, 0.15) is 14.1 Å². The van der Waals surface area contributed by atoms with Gasteiger partial charge in [-0.05, 0) is 59.1 Å². The van der Waals surface area contributed by atoms with E-state index in [-0.39, 0.29) is 0 Å². The van der Waals surface area contributed by atoms with Gasteiger partial charge in [-0.15, -0.1) is 0 Å². The average Bonchev–Trinajstić information content (AvgIpc) is 2.35. The number of nitrogens with zero attached hydrogens (tertiary/aromatic N) is 1. The van der Waals surface area contributed by atoms with Gasteiger partial charge in [-0.2, -0.15) is 0 Å². The average molecular weight is 347 g/mol. The van der Waals surface area contributed by atoms with Gasteiger partial charge in [0.05, 0.1) is 0 Å². The summed E-state index contributed by atoms with van der Waals surface area (Å²) in [5.41, 5.74) is 3.83. The molecule has 2 aliphatic rings. The molecule has 0 aromatic rings. The van der Waals surface area contributed by atoms with Crippen molar-refractivity contribution >= 4 is 17.5 Å². The third-order valence-electron chi connectivity index (χ3n) is 2.76. The van der Waals surface area contributed by atoms with Crippen molar-refractivity contribution in [3.8, 4) is 0 Å². The van der Waals surface area contributed by atoms with Crippen LogP contribution in [0.1, 0.15) is 13.8 Å². The zero-order valence-corrected chi connectivity index (χ0v) is 14.5. The maximum atomic E-state index is 8.83. The van der Waals surface area contributed by atoms with Gasteiger partial charge in [0.2, 0.25) is 0 Å². The number of thioether (sulfide) groups is 1. The number of rotatable bonds is 0. The van der Waals surface area contributed by atoms with Crippen molar-refractivity contribution in [1.29, 1.82) is 0 Å². The molecule has 0 aromatic carbocycles. The minimum absolute atomic E-state index is 1.24. The van der Waals surface area contributed by atoms with Crippen molar-refractivity contribution in [2.45, 2.75) is 13.8 Å². The van der Waals surface area contributed by atoms with Gasteiger partial charge < -0.3 is 0 Å². The van der Waals surface area contributed by atoms with E-state index in [0.29, 0.717) is 0 Å². The Morgan fingerprint density at radius 2 is 1.32 bits per heavy atom. The van der Waals surface area contributed by atoms with E-state index < -0.39 is 10.2 Å². The van der Waals surface area contributed by atoms with Crippen molar-refractivity contribution in [2.24, 2.45) is 0 Å². The Balaban J connectivity index is 0.000000422. The van der Waals surface area contributed by atoms with Crippen molar-refractivity contribution in [3.05, 3.63) is 57.4 Å². The van der Waals surface area contributed by atoms with E-state index in [0.717, 1.165) is 0 Å². The van der Waals surface area contributed by atoms with E-state index >= 15 is 0 Å². The fraction of sp³-hybridized carbons (Fsp3) is 0.267. The first-order valence-electron chi connectivity index (χ1n) is 6.41. The summed E-state index contributed by atoms with van der Waals surface area (Å²) in [7, 11) is -0.0685. The van der Waals surface area contributed by atoms with Crippen LogP contribution in [0.25, 0.3) is 0 Å². The number of hydrogen-bond donors (Lipinski definition) is 3. The van der Waals surface area contributed by atoms with Crippen LogP contribution in [-0.2, 0) is 0 Å². The summed E-state index contributed by atoms with van der Waals surface area (Å²) in [6.07, 6.45) is 13.2. The topological polar surface area (TPSA) is 86.8 Å². The molecule has 1 heterocycles. The minimum atomic E-state index is -4.19. The monoisotopic (exact) mass is 346 g/mol. The molecule has 7 heteroatoms. The van der Waals surface area contributed by atoms with Crippen molar-refractivity contribution in [3.63, 3.8) is 0 Å². The molecule has 1 aliphatic carbocycles. The molecule has 0 bridgehead atoms. The van der Waals surface area contributed by atoms with E-state index in [1.807, 2.05) is 11.8 Å². The quantitative estimate of drug-likeness (QED) is 0.565. The molecule has 2 rings (SSSR count). The second kappa shape index (κ2) is 7.92. The summed E-state index contributed by atoms with van der Waals surface area (Å²) in [4.78, 5) is 2.72. The second-order valence-corrected chi connectivity index (χ2v) is 7.30. The summed E-state index contributed by atoms with van der Waals surface area (Å²) in [6, 6.07) is 0. The first-order chi connectivity index (χ1) is 10.1. The van der Waals surface area contributed by atoms with Crippen LogP contribution in [-0.4, -0.2) is 38.4 Å². The van der Waals surface area contributed by atoms with Crippen LogP contribution in [0.2, 0.25) is 0 Å². The van der Waals surface area contributed by atoms with Gasteiger partial charge in [0.25, 0.3) is 0 Å². The van der Waals surface area contributed by atoms with Crippen LogP contribution in [0.15, 0.2) is 57.4 Å². The summed E-state index contributed by atoms with van der Waals surface area (Å²) in [5, 5.41) is 0. The Kier molecular flexibility index (Phi) is 6.80. The maximum absolute atomic E-state index is 8.83. The molecule has 0 atom stereocenters. The molecule has 0 amide bonds. The molecule has 0 fully saturated rings. The van der Waals surface area contributed by atoms with Crippen molar-refractivity contribution < 1.29 is 33.5 Å². The van der Waals surface area contributed by atoms with Crippen LogP contribution >= 0.6 is 11.8 Å². The number of hydrogen-bond acceptors (Lipinski definition) is 5. The van der Waals surface area contributed by atoms with Crippen LogP contribution in [0.5, 0.6) is 0 Å². The number of allylic oxidation sites excluding steroid dienone is 10. The zero-order chi connectivity index (χ0) is 16.9. The predicted molar refractivity (Wildman–Crippen MR) is 84.2 cm³/mol. The van der Waals surface area contributed by atoms with Gasteiger partial charge >= 0.3 is 28.9 Å². The van der Waals surface area contributed by atoms with Crippen molar-refractivity contribution in [1.82, 2.24) is 0 Å². The molecule has 0 saturated carbocycles. The predicted octanol–water partition coefficient (Wildman–Crippen LogP) is 0.816. The van der Waals surface area contributed by atoms with E-state index in [9.17, 15) is 0 Å². The van der Waals surface area contributed by atoms with Gasteiger partial charge in [-0.3, -0.25) is 0 Å². The molecule has 0 saturated heterocycles. The summed E-state index contributed by atoms with van der Waals surface area (Å²) in [6.45, 7) is 4.32. The van der Waals surface area contributed by atoms with Crippen molar-refractivity contribution in [2.75, 3.05) is 14.1 Å². The molecule has 5 nitrogen and oxygen atoms in total. The Morgan fingerprint density at radius 1 is 0.909 bits per heavy atom. The molecule has 0 aromatic heterocycles. The van der Waals surface area contributed by atoms with Gasteiger partial charge in [0.15, 0.2) is 5.71 Å². The second-order valence-electron chi connectivity index (χ2n) is 4.94. The third-order valence-corrected chi connectivity index (χ3v) is 3.64. The molecule has 0 radical (unpaired) electrons. The van der Waals surface area contributed by atoms with Gasteiger partial charge in [-0.25, -0.2) is 4.58 Å². The summed E-state index contributed by atoms with van der Waals surface area (Å²) >= 11 is 1.84. The summed E-state index contributed by atoms with van der Waals surface area (Å²) < 4.78 is 32.3. The van der Waals surface area contributed by atoms with E-state index in [2.05, 4.69) is 69.0 Å². The van der Waals surface area contributed by atoms with E-state index in [4.69, 9.17) is 18.6 Å². The molecule has 3 N–H and O–H groups in total. The Morgan fingerprint density at radius 3 is 1.68 bits per heavy atom. The van der Waals surface area contributed by atoms with Crippen LogP contribution in [0, 0.1) is 10.2 Å². The Labute approximate surface area is 136 Å². The van der Waals surface area contributed by atoms with Crippen LogP contribution in [0.4, 0.5) is 0 Å². The SMILES string of the molecule is CC1=CC(=C2C=CC(=[N+](C)C)C=C2)C=C(C)S1.[O-][Cl+](O)(O)O. The summed E-state index contributed by atoms with van der Waals surface area (Å²) in [5.74, 6) is 0. The Hall–Kier alpha value is -1.15. The molecule has 22 heavy (non-hydrogen) atoms. The first-order valence-corrected chi connectivity index (χ1v) is 8.55. The standard InChI is InChI=1S/C15H18NS.ClH3O4/c1-11-9-14(10-12(2)17-11)13-5-7-15(8-6-13)16(3)4;2-1(3,4)5/h5-10H,1-4H3;2-4H/q+1;. The van der Waals surface area contributed by atoms with Crippen LogP contribution in [0.3, 0.4) is 0 Å². The normalized spacial score (nSPS) is 18.5. The molecule has 122 valence electrons. The molecular weight excluding hydrogens is 326 g/mol. The van der Waals surface area contributed by atoms with E-state index in [1.165, 1.54) is 26.7 Å². The Bertz CT molecular complexity index is 574. The third kappa shape index (κ3) is 7.22. The zero-order valence-electron chi connectivity index (χ0n) is 12.9. The van der Waals surface area contributed by atoms with Gasteiger partial charge in [-0.1, -0.05) is 11.8 Å². The van der Waals surface area contributed by atoms with E-state index in [1.54, 1.807) is 0 Å². The number of halogens is 1. The molecule has 0 spiro atoms. The fourth-order valence-corrected chi connectivity index (χ4v) is 2.79. The van der Waals surface area contributed by atoms with Gasteiger partial charge in [0, 0.05) is 12.2 Å².